The van der Waals surface area contributed by atoms with Gasteiger partial charge < -0.3 is 9.80 Å². The molecule has 2 heterocycles. The Bertz CT molecular complexity index is 348. The lowest BCUT2D eigenvalue weighted by Gasteiger charge is -2.36. The molecule has 0 aromatic carbocycles. The molecule has 108 valence electrons. The van der Waals surface area contributed by atoms with Gasteiger partial charge in [-0.05, 0) is 31.9 Å². The Balaban J connectivity index is 2.09. The molecule has 19 heavy (non-hydrogen) atoms. The standard InChI is InChI=1S/C14H24N2O2S/c1-3-19-10-11(2)15-9-7-13(17)16-8-5-4-6-12(16)14(15)18/h11-12H,3-10H2,1-2H3. The number of carbonyl (C=O) groups is 2. The molecule has 2 aliphatic rings. The minimum absolute atomic E-state index is 0.163. The largest absolute Gasteiger partial charge is 0.337 e. The van der Waals surface area contributed by atoms with E-state index in [1.807, 2.05) is 21.6 Å². The van der Waals surface area contributed by atoms with E-state index in [0.717, 1.165) is 37.3 Å². The van der Waals surface area contributed by atoms with Crippen LogP contribution in [-0.2, 0) is 9.59 Å². The number of hydrogen-bond acceptors (Lipinski definition) is 3. The van der Waals surface area contributed by atoms with E-state index < -0.39 is 0 Å². The fourth-order valence-electron chi connectivity index (χ4n) is 2.96. The fraction of sp³-hybridized carbons (Fsp3) is 0.857. The Labute approximate surface area is 119 Å². The highest BCUT2D eigenvalue weighted by Crippen LogP contribution is 2.24. The molecule has 2 saturated heterocycles. The third kappa shape index (κ3) is 3.25. The molecule has 2 aliphatic heterocycles. The summed E-state index contributed by atoms with van der Waals surface area (Å²) in [7, 11) is 0. The van der Waals surface area contributed by atoms with E-state index in [1.54, 1.807) is 0 Å². The van der Waals surface area contributed by atoms with Gasteiger partial charge in [0.1, 0.15) is 6.04 Å². The molecule has 0 aromatic rings. The van der Waals surface area contributed by atoms with Crippen LogP contribution in [-0.4, -0.2) is 58.3 Å². The van der Waals surface area contributed by atoms with Gasteiger partial charge in [-0.1, -0.05) is 6.92 Å². The summed E-state index contributed by atoms with van der Waals surface area (Å²) in [6, 6.07) is 0.0463. The lowest BCUT2D eigenvalue weighted by molar-refractivity contribution is -0.143. The molecule has 2 amide bonds. The molecule has 2 atom stereocenters. The van der Waals surface area contributed by atoms with E-state index in [9.17, 15) is 9.59 Å². The van der Waals surface area contributed by atoms with Gasteiger partial charge in [0.25, 0.3) is 0 Å². The molecule has 0 aliphatic carbocycles. The van der Waals surface area contributed by atoms with Gasteiger partial charge in [0, 0.05) is 31.3 Å². The third-order valence-corrected chi connectivity index (χ3v) is 5.18. The first kappa shape index (κ1) is 14.7. The van der Waals surface area contributed by atoms with E-state index >= 15 is 0 Å². The van der Waals surface area contributed by atoms with Crippen LogP contribution in [0.2, 0.25) is 0 Å². The molecule has 0 spiro atoms. The number of amides is 2. The molecule has 0 saturated carbocycles. The van der Waals surface area contributed by atoms with E-state index in [2.05, 4.69) is 13.8 Å². The van der Waals surface area contributed by atoms with E-state index in [4.69, 9.17) is 0 Å². The zero-order chi connectivity index (χ0) is 13.8. The summed E-state index contributed by atoms with van der Waals surface area (Å²) in [5.74, 6) is 2.37. The zero-order valence-corrected chi connectivity index (χ0v) is 12.7. The average Bonchev–Trinajstić information content (AvgIpc) is 2.56. The van der Waals surface area contributed by atoms with Crippen LogP contribution in [0.3, 0.4) is 0 Å². The van der Waals surface area contributed by atoms with Gasteiger partial charge in [0.15, 0.2) is 0 Å². The first-order chi connectivity index (χ1) is 9.15. The number of carbonyl (C=O) groups excluding carboxylic acids is 2. The highest BCUT2D eigenvalue weighted by Gasteiger charge is 2.38. The summed E-state index contributed by atoms with van der Waals surface area (Å²) >= 11 is 1.86. The van der Waals surface area contributed by atoms with Crippen molar-refractivity contribution in [1.82, 2.24) is 9.80 Å². The number of hydrogen-bond donors (Lipinski definition) is 0. The predicted octanol–water partition coefficient (Wildman–Crippen LogP) is 1.74. The van der Waals surface area contributed by atoms with Crippen LogP contribution in [0.15, 0.2) is 0 Å². The predicted molar refractivity (Wildman–Crippen MR) is 78.1 cm³/mol. The molecule has 2 fully saturated rings. The summed E-state index contributed by atoms with van der Waals surface area (Å²) < 4.78 is 0. The summed E-state index contributed by atoms with van der Waals surface area (Å²) in [6.07, 6.45) is 3.43. The topological polar surface area (TPSA) is 40.6 Å². The highest BCUT2D eigenvalue weighted by molar-refractivity contribution is 7.99. The quantitative estimate of drug-likeness (QED) is 0.789. The van der Waals surface area contributed by atoms with Crippen molar-refractivity contribution in [2.75, 3.05) is 24.6 Å². The van der Waals surface area contributed by atoms with E-state index in [0.29, 0.717) is 13.0 Å². The van der Waals surface area contributed by atoms with Gasteiger partial charge in [0.05, 0.1) is 0 Å². The molecule has 0 N–H and O–H groups in total. The molecule has 5 heteroatoms. The number of thioether (sulfide) groups is 1. The SMILES string of the molecule is CCSCC(C)N1CCC(=O)N2CCCCC2C1=O. The maximum Gasteiger partial charge on any atom is 0.245 e. The molecule has 2 unspecified atom stereocenters. The molecule has 0 bridgehead atoms. The van der Waals surface area contributed by atoms with Crippen LogP contribution in [0.1, 0.15) is 39.5 Å². The normalized spacial score (nSPS) is 26.1. The van der Waals surface area contributed by atoms with Crippen LogP contribution >= 0.6 is 11.8 Å². The monoisotopic (exact) mass is 284 g/mol. The van der Waals surface area contributed by atoms with Gasteiger partial charge >= 0.3 is 0 Å². The molecule has 0 aromatic heterocycles. The maximum absolute atomic E-state index is 12.7. The van der Waals surface area contributed by atoms with Gasteiger partial charge in [-0.3, -0.25) is 9.59 Å². The minimum atomic E-state index is -0.183. The van der Waals surface area contributed by atoms with Crippen LogP contribution in [0, 0.1) is 0 Å². The second-order valence-electron chi connectivity index (χ2n) is 5.39. The van der Waals surface area contributed by atoms with Crippen molar-refractivity contribution in [2.24, 2.45) is 0 Å². The van der Waals surface area contributed by atoms with Gasteiger partial charge in [-0.15, -0.1) is 0 Å². The number of rotatable bonds is 4. The molecule has 4 nitrogen and oxygen atoms in total. The second-order valence-corrected chi connectivity index (χ2v) is 6.71. The van der Waals surface area contributed by atoms with Crippen LogP contribution in [0.4, 0.5) is 0 Å². The molecule has 0 radical (unpaired) electrons. The number of piperidine rings is 1. The first-order valence-electron chi connectivity index (χ1n) is 7.32. The van der Waals surface area contributed by atoms with Crippen molar-refractivity contribution in [3.05, 3.63) is 0 Å². The maximum atomic E-state index is 12.7. The van der Waals surface area contributed by atoms with Gasteiger partial charge in [0.2, 0.25) is 11.8 Å². The number of nitrogens with zero attached hydrogens (tertiary/aromatic N) is 2. The summed E-state index contributed by atoms with van der Waals surface area (Å²) in [5.41, 5.74) is 0. The van der Waals surface area contributed by atoms with Crippen molar-refractivity contribution in [3.8, 4) is 0 Å². The number of fused-ring (bicyclic) bond motifs is 1. The Morgan fingerprint density at radius 3 is 2.84 bits per heavy atom. The fourth-order valence-corrected chi connectivity index (χ4v) is 3.72. The summed E-state index contributed by atoms with van der Waals surface area (Å²) in [4.78, 5) is 28.5. The zero-order valence-electron chi connectivity index (χ0n) is 11.9. The van der Waals surface area contributed by atoms with E-state index in [-0.39, 0.29) is 23.9 Å². The summed E-state index contributed by atoms with van der Waals surface area (Å²) in [5, 5.41) is 0. The smallest absolute Gasteiger partial charge is 0.245 e. The molecule has 2 rings (SSSR count). The molecular weight excluding hydrogens is 260 g/mol. The van der Waals surface area contributed by atoms with Crippen molar-refractivity contribution < 1.29 is 9.59 Å². The third-order valence-electron chi connectivity index (χ3n) is 4.05. The lowest BCUT2D eigenvalue weighted by Crippen LogP contribution is -2.51. The average molecular weight is 284 g/mol. The van der Waals surface area contributed by atoms with Crippen molar-refractivity contribution >= 4 is 23.6 Å². The first-order valence-corrected chi connectivity index (χ1v) is 8.48. The second kappa shape index (κ2) is 6.64. The highest BCUT2D eigenvalue weighted by atomic mass is 32.2. The summed E-state index contributed by atoms with van der Waals surface area (Å²) in [6.45, 7) is 5.59. The van der Waals surface area contributed by atoms with Crippen molar-refractivity contribution in [3.63, 3.8) is 0 Å². The minimum Gasteiger partial charge on any atom is -0.337 e. The molecular formula is C14H24N2O2S. The van der Waals surface area contributed by atoms with Crippen LogP contribution < -0.4 is 0 Å². The van der Waals surface area contributed by atoms with Crippen molar-refractivity contribution in [2.45, 2.75) is 51.6 Å². The van der Waals surface area contributed by atoms with Gasteiger partial charge in [-0.25, -0.2) is 0 Å². The van der Waals surface area contributed by atoms with E-state index in [1.165, 1.54) is 0 Å². The lowest BCUT2D eigenvalue weighted by atomic mass is 10.0. The Kier molecular flexibility index (Phi) is 5.13. The Hall–Kier alpha value is -0.710. The van der Waals surface area contributed by atoms with Crippen molar-refractivity contribution in [1.29, 1.82) is 0 Å². The van der Waals surface area contributed by atoms with Crippen LogP contribution in [0.5, 0.6) is 0 Å². The van der Waals surface area contributed by atoms with Gasteiger partial charge in [-0.2, -0.15) is 11.8 Å². The van der Waals surface area contributed by atoms with Crippen LogP contribution in [0.25, 0.3) is 0 Å². The Morgan fingerprint density at radius 2 is 2.11 bits per heavy atom. The Morgan fingerprint density at radius 1 is 1.32 bits per heavy atom.